The fourth-order valence-corrected chi connectivity index (χ4v) is 5.83. The van der Waals surface area contributed by atoms with Crippen LogP contribution in [-0.2, 0) is 15.8 Å². The first-order chi connectivity index (χ1) is 14.5. The molecular weight excluding hydrogens is 392 g/mol. The van der Waals surface area contributed by atoms with Crippen LogP contribution >= 0.6 is 0 Å². The van der Waals surface area contributed by atoms with E-state index < -0.39 is 10.0 Å². The fourth-order valence-electron chi connectivity index (χ4n) is 4.13. The summed E-state index contributed by atoms with van der Waals surface area (Å²) in [5, 5.41) is 3.54. The molecule has 156 valence electrons. The van der Waals surface area contributed by atoms with Crippen molar-refractivity contribution >= 4 is 10.0 Å². The van der Waals surface area contributed by atoms with Crippen molar-refractivity contribution in [1.82, 2.24) is 9.62 Å². The Kier molecular flexibility index (Phi) is 6.21. The molecule has 4 nitrogen and oxygen atoms in total. The van der Waals surface area contributed by atoms with Crippen molar-refractivity contribution in [3.63, 3.8) is 0 Å². The van der Waals surface area contributed by atoms with Gasteiger partial charge in [-0.3, -0.25) is 0 Å². The molecular formula is C25H28N2O2S. The average Bonchev–Trinajstić information content (AvgIpc) is 2.86. The Morgan fingerprint density at radius 2 is 1.73 bits per heavy atom. The van der Waals surface area contributed by atoms with Gasteiger partial charge in [-0.05, 0) is 36.5 Å². The zero-order chi connectivity index (χ0) is 21.0. The molecule has 2 aliphatic heterocycles. The van der Waals surface area contributed by atoms with Crippen LogP contribution < -0.4 is 5.32 Å². The molecule has 0 radical (unpaired) electrons. The Morgan fingerprint density at radius 3 is 2.50 bits per heavy atom. The summed E-state index contributed by atoms with van der Waals surface area (Å²) in [5.41, 5.74) is 5.29. The molecule has 2 aliphatic rings. The first-order valence-corrected chi connectivity index (χ1v) is 12.0. The molecule has 0 saturated carbocycles. The molecule has 0 bridgehead atoms. The predicted molar refractivity (Wildman–Crippen MR) is 122 cm³/mol. The number of aryl methyl sites for hydroxylation is 1. The molecule has 2 aromatic rings. The highest BCUT2D eigenvalue weighted by atomic mass is 32.2. The highest BCUT2D eigenvalue weighted by molar-refractivity contribution is 7.88. The van der Waals surface area contributed by atoms with Crippen molar-refractivity contribution < 1.29 is 8.42 Å². The highest BCUT2D eigenvalue weighted by Crippen LogP contribution is 2.38. The van der Waals surface area contributed by atoms with E-state index in [4.69, 9.17) is 0 Å². The van der Waals surface area contributed by atoms with E-state index in [0.717, 1.165) is 35.2 Å². The molecule has 0 aromatic heterocycles. The van der Waals surface area contributed by atoms with Crippen molar-refractivity contribution in [2.24, 2.45) is 0 Å². The normalized spacial score (nSPS) is 22.2. The molecule has 0 amide bonds. The van der Waals surface area contributed by atoms with Gasteiger partial charge in [0.15, 0.2) is 0 Å². The molecule has 5 heteroatoms. The van der Waals surface area contributed by atoms with E-state index in [1.807, 2.05) is 43.3 Å². The van der Waals surface area contributed by atoms with Gasteiger partial charge in [0, 0.05) is 18.8 Å². The largest absolute Gasteiger partial charge is 0.383 e. The Morgan fingerprint density at radius 1 is 1.00 bits per heavy atom. The van der Waals surface area contributed by atoms with Gasteiger partial charge < -0.3 is 5.32 Å². The topological polar surface area (TPSA) is 49.4 Å². The zero-order valence-electron chi connectivity index (χ0n) is 17.3. The number of allylic oxidation sites excluding steroid dienone is 3. The number of nitrogens with zero attached hydrogens (tertiary/aromatic N) is 1. The Hall–Kier alpha value is -2.63. The maximum atomic E-state index is 13.5. The standard InChI is InChI=1S/C25H28N2O2S/c1-20-12-14-23(15-13-20)25-24-22(11-7-2-3-8-17-26-24)16-18-27(25)30(28,29)19-21-9-5-4-6-10-21/h2-10,12-15,25-26H,11,16-19H2,1H3/b7-2-,8-3-. The molecule has 1 atom stereocenters. The highest BCUT2D eigenvalue weighted by Gasteiger charge is 2.37. The van der Waals surface area contributed by atoms with Gasteiger partial charge in [-0.25, -0.2) is 8.42 Å². The number of nitrogens with one attached hydrogen (secondary N) is 1. The van der Waals surface area contributed by atoms with Gasteiger partial charge >= 0.3 is 0 Å². The molecule has 0 fully saturated rings. The van der Waals surface area contributed by atoms with Crippen LogP contribution in [0.2, 0.25) is 0 Å². The lowest BCUT2D eigenvalue weighted by Crippen LogP contribution is -2.43. The van der Waals surface area contributed by atoms with Gasteiger partial charge in [0.25, 0.3) is 0 Å². The van der Waals surface area contributed by atoms with E-state index in [-0.39, 0.29) is 11.8 Å². The second kappa shape index (κ2) is 9.02. The molecule has 0 aliphatic carbocycles. The van der Waals surface area contributed by atoms with E-state index in [0.29, 0.717) is 13.1 Å². The molecule has 1 N–H and O–H groups in total. The molecule has 4 rings (SSSR count). The van der Waals surface area contributed by atoms with Crippen LogP contribution in [-0.4, -0.2) is 25.8 Å². The Balaban J connectivity index is 1.76. The monoisotopic (exact) mass is 420 g/mol. The van der Waals surface area contributed by atoms with E-state index in [1.54, 1.807) is 4.31 Å². The first kappa shape index (κ1) is 20.6. The number of benzene rings is 2. The number of sulfonamides is 1. The van der Waals surface area contributed by atoms with Crippen molar-refractivity contribution in [2.75, 3.05) is 13.1 Å². The van der Waals surface area contributed by atoms with Crippen LogP contribution in [0, 0.1) is 6.92 Å². The Labute approximate surface area is 179 Å². The lowest BCUT2D eigenvalue weighted by Gasteiger charge is -2.38. The van der Waals surface area contributed by atoms with Gasteiger partial charge in [0.2, 0.25) is 10.0 Å². The van der Waals surface area contributed by atoms with Gasteiger partial charge in [0.1, 0.15) is 0 Å². The third-order valence-corrected chi connectivity index (χ3v) is 7.48. The number of rotatable bonds is 4. The third-order valence-electron chi connectivity index (χ3n) is 5.68. The lowest BCUT2D eigenvalue weighted by atomic mass is 9.92. The summed E-state index contributed by atoms with van der Waals surface area (Å²) in [5.74, 6) is 0.0125. The van der Waals surface area contributed by atoms with Crippen LogP contribution in [0.3, 0.4) is 0 Å². The van der Waals surface area contributed by atoms with E-state index >= 15 is 0 Å². The minimum absolute atomic E-state index is 0.0125. The van der Waals surface area contributed by atoms with E-state index in [9.17, 15) is 8.42 Å². The minimum Gasteiger partial charge on any atom is -0.383 e. The summed E-state index contributed by atoms with van der Waals surface area (Å²) < 4.78 is 28.8. The lowest BCUT2D eigenvalue weighted by molar-refractivity contribution is 0.325. The van der Waals surface area contributed by atoms with Gasteiger partial charge in [-0.2, -0.15) is 4.31 Å². The number of hydrogen-bond acceptors (Lipinski definition) is 3. The SMILES string of the molecule is Cc1ccc(C2C3=C(C/C=C\C=C/CN3)CCN2S(=O)(=O)Cc2ccccc2)cc1. The zero-order valence-corrected chi connectivity index (χ0v) is 18.1. The smallest absolute Gasteiger partial charge is 0.219 e. The van der Waals surface area contributed by atoms with Gasteiger partial charge in [-0.1, -0.05) is 84.5 Å². The van der Waals surface area contributed by atoms with Crippen LogP contribution in [0.25, 0.3) is 0 Å². The summed E-state index contributed by atoms with van der Waals surface area (Å²) in [4.78, 5) is 0. The summed E-state index contributed by atoms with van der Waals surface area (Å²) in [6, 6.07) is 17.3. The average molecular weight is 421 g/mol. The van der Waals surface area contributed by atoms with Gasteiger partial charge in [-0.15, -0.1) is 0 Å². The van der Waals surface area contributed by atoms with Crippen LogP contribution in [0.1, 0.15) is 35.6 Å². The van der Waals surface area contributed by atoms with Crippen molar-refractivity contribution in [1.29, 1.82) is 0 Å². The Bertz CT molecular complexity index is 1070. The predicted octanol–water partition coefficient (Wildman–Crippen LogP) is 4.63. The fraction of sp³-hybridized carbons (Fsp3) is 0.280. The maximum absolute atomic E-state index is 13.5. The van der Waals surface area contributed by atoms with Crippen LogP contribution in [0.4, 0.5) is 0 Å². The van der Waals surface area contributed by atoms with Crippen molar-refractivity contribution in [3.05, 3.63) is 107 Å². The minimum atomic E-state index is -3.50. The molecule has 2 aromatic carbocycles. The molecule has 0 spiro atoms. The summed E-state index contributed by atoms with van der Waals surface area (Å²) in [7, 11) is -3.50. The van der Waals surface area contributed by atoms with E-state index in [2.05, 4.69) is 47.8 Å². The third kappa shape index (κ3) is 4.58. The second-order valence-corrected chi connectivity index (χ2v) is 9.80. The molecule has 0 saturated heterocycles. The second-order valence-electron chi connectivity index (χ2n) is 7.87. The number of hydrogen-bond donors (Lipinski definition) is 1. The summed E-state index contributed by atoms with van der Waals surface area (Å²) in [6.45, 7) is 3.22. The molecule has 30 heavy (non-hydrogen) atoms. The quantitative estimate of drug-likeness (QED) is 0.784. The maximum Gasteiger partial charge on any atom is 0.219 e. The van der Waals surface area contributed by atoms with Crippen molar-refractivity contribution in [2.45, 2.75) is 31.6 Å². The summed E-state index contributed by atoms with van der Waals surface area (Å²) in [6.07, 6.45) is 9.90. The summed E-state index contributed by atoms with van der Waals surface area (Å²) >= 11 is 0. The van der Waals surface area contributed by atoms with Crippen LogP contribution in [0.5, 0.6) is 0 Å². The first-order valence-electron chi connectivity index (χ1n) is 10.4. The molecule has 1 unspecified atom stereocenters. The van der Waals surface area contributed by atoms with Crippen molar-refractivity contribution in [3.8, 4) is 0 Å². The van der Waals surface area contributed by atoms with Gasteiger partial charge in [0.05, 0.1) is 11.8 Å². The van der Waals surface area contributed by atoms with E-state index in [1.165, 1.54) is 5.57 Å². The molecule has 2 heterocycles. The van der Waals surface area contributed by atoms with Crippen LogP contribution in [0.15, 0.2) is 90.2 Å².